The number of nitrogens with two attached hydrogens (primary N) is 1. The Hall–Kier alpha value is -0.120. The summed E-state index contributed by atoms with van der Waals surface area (Å²) in [5, 5.41) is 0. The molecular formula is C13H26N2O. The number of hydrogen-bond donors (Lipinski definition) is 1. The van der Waals surface area contributed by atoms with Crippen LogP contribution in [0.15, 0.2) is 0 Å². The Morgan fingerprint density at radius 3 is 2.88 bits per heavy atom. The van der Waals surface area contributed by atoms with Gasteiger partial charge in [0.15, 0.2) is 0 Å². The zero-order chi connectivity index (χ0) is 11.4. The fourth-order valence-corrected chi connectivity index (χ4v) is 3.07. The number of hydrogen-bond acceptors (Lipinski definition) is 3. The van der Waals surface area contributed by atoms with Gasteiger partial charge in [0.2, 0.25) is 0 Å². The topological polar surface area (TPSA) is 38.5 Å². The van der Waals surface area contributed by atoms with E-state index in [1.54, 1.807) is 0 Å². The summed E-state index contributed by atoms with van der Waals surface area (Å²) in [5.41, 5.74) is 6.37. The van der Waals surface area contributed by atoms with Crippen LogP contribution in [0.3, 0.4) is 0 Å². The van der Waals surface area contributed by atoms with Crippen molar-refractivity contribution in [2.45, 2.75) is 57.1 Å². The van der Waals surface area contributed by atoms with Crippen LogP contribution < -0.4 is 5.73 Å². The van der Waals surface area contributed by atoms with Gasteiger partial charge in [-0.05, 0) is 38.6 Å². The maximum atomic E-state index is 6.23. The van der Waals surface area contributed by atoms with Gasteiger partial charge in [-0.2, -0.15) is 0 Å². The third-order valence-corrected chi connectivity index (χ3v) is 3.85. The van der Waals surface area contributed by atoms with Crippen molar-refractivity contribution < 1.29 is 4.74 Å². The van der Waals surface area contributed by atoms with Gasteiger partial charge >= 0.3 is 0 Å². The number of rotatable bonds is 6. The van der Waals surface area contributed by atoms with E-state index >= 15 is 0 Å². The molecule has 0 radical (unpaired) electrons. The van der Waals surface area contributed by atoms with Gasteiger partial charge in [-0.15, -0.1) is 0 Å². The van der Waals surface area contributed by atoms with Crippen LogP contribution in [0.5, 0.6) is 0 Å². The minimum Gasteiger partial charge on any atom is -0.378 e. The summed E-state index contributed by atoms with van der Waals surface area (Å²) >= 11 is 0. The van der Waals surface area contributed by atoms with E-state index < -0.39 is 0 Å². The molecule has 0 aromatic rings. The first-order valence-electron chi connectivity index (χ1n) is 6.85. The van der Waals surface area contributed by atoms with Crippen LogP contribution in [0.1, 0.15) is 45.4 Å². The van der Waals surface area contributed by atoms with E-state index in [1.165, 1.54) is 45.1 Å². The molecule has 2 rings (SSSR count). The lowest BCUT2D eigenvalue weighted by molar-refractivity contribution is 0.0530. The Bertz CT molecular complexity index is 208. The van der Waals surface area contributed by atoms with Crippen LogP contribution in [0.4, 0.5) is 0 Å². The predicted molar refractivity (Wildman–Crippen MR) is 66.5 cm³/mol. The molecule has 2 fully saturated rings. The first kappa shape index (κ1) is 12.3. The van der Waals surface area contributed by atoms with Gasteiger partial charge in [-0.1, -0.05) is 13.3 Å². The lowest BCUT2D eigenvalue weighted by atomic mass is 9.86. The summed E-state index contributed by atoms with van der Waals surface area (Å²) in [7, 11) is 0. The van der Waals surface area contributed by atoms with Crippen molar-refractivity contribution in [3.05, 3.63) is 0 Å². The van der Waals surface area contributed by atoms with E-state index in [0.29, 0.717) is 6.10 Å². The van der Waals surface area contributed by atoms with Crippen molar-refractivity contribution in [3.63, 3.8) is 0 Å². The smallest absolute Gasteiger partial charge is 0.0576 e. The van der Waals surface area contributed by atoms with Crippen molar-refractivity contribution in [1.29, 1.82) is 0 Å². The zero-order valence-corrected chi connectivity index (χ0v) is 10.6. The SMILES string of the molecule is CCCC1(N)CN(CCCC2CCCO2)C1. The third kappa shape index (κ3) is 3.19. The highest BCUT2D eigenvalue weighted by Gasteiger charge is 2.37. The lowest BCUT2D eigenvalue weighted by Gasteiger charge is -2.48. The second-order valence-electron chi connectivity index (χ2n) is 5.60. The van der Waals surface area contributed by atoms with Crippen LogP contribution in [0, 0.1) is 0 Å². The summed E-state index contributed by atoms with van der Waals surface area (Å²) in [6.07, 6.45) is 7.98. The van der Waals surface area contributed by atoms with E-state index in [0.717, 1.165) is 19.7 Å². The molecule has 2 heterocycles. The monoisotopic (exact) mass is 226 g/mol. The van der Waals surface area contributed by atoms with Gasteiger partial charge in [0.05, 0.1) is 6.10 Å². The molecule has 16 heavy (non-hydrogen) atoms. The molecule has 0 spiro atoms. The van der Waals surface area contributed by atoms with E-state index in [9.17, 15) is 0 Å². The van der Waals surface area contributed by atoms with Crippen LogP contribution in [0.25, 0.3) is 0 Å². The van der Waals surface area contributed by atoms with Crippen LogP contribution in [-0.2, 0) is 4.74 Å². The Morgan fingerprint density at radius 1 is 1.44 bits per heavy atom. The number of nitrogens with zero attached hydrogens (tertiary/aromatic N) is 1. The van der Waals surface area contributed by atoms with Gasteiger partial charge in [-0.3, -0.25) is 4.90 Å². The first-order chi connectivity index (χ1) is 7.72. The molecule has 0 bridgehead atoms. The molecule has 94 valence electrons. The summed E-state index contributed by atoms with van der Waals surface area (Å²) in [6.45, 7) is 6.62. The van der Waals surface area contributed by atoms with Gasteiger partial charge in [0.25, 0.3) is 0 Å². The Balaban J connectivity index is 1.52. The molecule has 1 unspecified atom stereocenters. The average molecular weight is 226 g/mol. The third-order valence-electron chi connectivity index (χ3n) is 3.85. The Kier molecular flexibility index (Phi) is 4.22. The minimum absolute atomic E-state index is 0.138. The highest BCUT2D eigenvalue weighted by molar-refractivity contribution is 4.99. The first-order valence-corrected chi connectivity index (χ1v) is 6.85. The van der Waals surface area contributed by atoms with Crippen LogP contribution in [-0.4, -0.2) is 42.8 Å². The molecule has 0 aromatic heterocycles. The number of likely N-dealkylation sites (tertiary alicyclic amines) is 1. The standard InChI is InChI=1S/C13H26N2O/c1-2-7-13(14)10-15(11-13)8-3-5-12-6-4-9-16-12/h12H,2-11,14H2,1H3. The molecule has 3 heteroatoms. The molecule has 2 saturated heterocycles. The number of ether oxygens (including phenoxy) is 1. The van der Waals surface area contributed by atoms with E-state index in [1.807, 2.05) is 0 Å². The highest BCUT2D eigenvalue weighted by Crippen LogP contribution is 2.24. The molecule has 0 aliphatic carbocycles. The maximum Gasteiger partial charge on any atom is 0.0576 e. The molecule has 2 aliphatic heterocycles. The van der Waals surface area contributed by atoms with Gasteiger partial charge in [0, 0.05) is 25.2 Å². The average Bonchev–Trinajstić information content (AvgIpc) is 2.68. The molecule has 0 saturated carbocycles. The van der Waals surface area contributed by atoms with Gasteiger partial charge in [-0.25, -0.2) is 0 Å². The zero-order valence-electron chi connectivity index (χ0n) is 10.6. The summed E-state index contributed by atoms with van der Waals surface area (Å²) in [6, 6.07) is 0. The van der Waals surface area contributed by atoms with Crippen molar-refractivity contribution >= 4 is 0 Å². The molecule has 2 aliphatic rings. The Morgan fingerprint density at radius 2 is 2.25 bits per heavy atom. The summed E-state index contributed by atoms with van der Waals surface area (Å²) in [5.74, 6) is 0. The quantitative estimate of drug-likeness (QED) is 0.750. The van der Waals surface area contributed by atoms with Crippen molar-refractivity contribution in [2.75, 3.05) is 26.2 Å². The van der Waals surface area contributed by atoms with Crippen LogP contribution in [0.2, 0.25) is 0 Å². The van der Waals surface area contributed by atoms with Crippen LogP contribution >= 0.6 is 0 Å². The normalized spacial score (nSPS) is 29.2. The summed E-state index contributed by atoms with van der Waals surface area (Å²) < 4.78 is 5.62. The van der Waals surface area contributed by atoms with Crippen molar-refractivity contribution in [3.8, 4) is 0 Å². The molecular weight excluding hydrogens is 200 g/mol. The molecule has 0 amide bonds. The van der Waals surface area contributed by atoms with Crippen molar-refractivity contribution in [2.24, 2.45) is 5.73 Å². The maximum absolute atomic E-state index is 6.23. The van der Waals surface area contributed by atoms with Crippen molar-refractivity contribution in [1.82, 2.24) is 4.90 Å². The van der Waals surface area contributed by atoms with E-state index in [4.69, 9.17) is 10.5 Å². The Labute approximate surface area is 99.3 Å². The van der Waals surface area contributed by atoms with E-state index in [-0.39, 0.29) is 5.54 Å². The lowest BCUT2D eigenvalue weighted by Crippen LogP contribution is -2.67. The molecule has 1 atom stereocenters. The second kappa shape index (κ2) is 5.48. The van der Waals surface area contributed by atoms with Gasteiger partial charge in [0.1, 0.15) is 0 Å². The molecule has 2 N–H and O–H groups in total. The fraction of sp³-hybridized carbons (Fsp3) is 1.00. The largest absolute Gasteiger partial charge is 0.378 e. The van der Waals surface area contributed by atoms with E-state index in [2.05, 4.69) is 11.8 Å². The highest BCUT2D eigenvalue weighted by atomic mass is 16.5. The predicted octanol–water partition coefficient (Wildman–Crippen LogP) is 1.76. The summed E-state index contributed by atoms with van der Waals surface area (Å²) in [4.78, 5) is 2.49. The fourth-order valence-electron chi connectivity index (χ4n) is 3.07. The minimum atomic E-state index is 0.138. The molecule has 3 nitrogen and oxygen atoms in total. The second-order valence-corrected chi connectivity index (χ2v) is 5.60. The molecule has 0 aromatic carbocycles. The van der Waals surface area contributed by atoms with Gasteiger partial charge < -0.3 is 10.5 Å².